The molecule has 162 valence electrons. The van der Waals surface area contributed by atoms with Gasteiger partial charge in [0.15, 0.2) is 5.78 Å². The fraction of sp³-hybridized carbons (Fsp3) is 0.304. The molecule has 0 bridgehead atoms. The molecule has 0 amide bonds. The van der Waals surface area contributed by atoms with Gasteiger partial charge in [-0.3, -0.25) is 4.79 Å². The van der Waals surface area contributed by atoms with E-state index in [-0.39, 0.29) is 5.70 Å². The van der Waals surface area contributed by atoms with Crippen molar-refractivity contribution in [3.05, 3.63) is 76.9 Å². The number of para-hydroxylation sites is 1. The van der Waals surface area contributed by atoms with Crippen LogP contribution in [0.3, 0.4) is 0 Å². The Morgan fingerprint density at radius 3 is 2.35 bits per heavy atom. The molecule has 8 heteroatoms. The van der Waals surface area contributed by atoms with Crippen molar-refractivity contribution in [3.63, 3.8) is 0 Å². The van der Waals surface area contributed by atoms with Crippen molar-refractivity contribution < 1.29 is 23.1 Å². The fourth-order valence-corrected chi connectivity index (χ4v) is 4.78. The summed E-state index contributed by atoms with van der Waals surface area (Å²) in [5.74, 6) is -0.392. The molecule has 2 aromatic carbocycles. The summed E-state index contributed by atoms with van der Waals surface area (Å²) in [6.07, 6.45) is -2.86. The number of fused-ring (bicyclic) bond motifs is 1. The smallest absolute Gasteiger partial charge is 0.375 e. The van der Waals surface area contributed by atoms with Gasteiger partial charge in [0, 0.05) is 36.8 Å². The Morgan fingerprint density at radius 2 is 1.71 bits per heavy atom. The minimum absolute atomic E-state index is 0.172. The molecule has 31 heavy (non-hydrogen) atoms. The van der Waals surface area contributed by atoms with Gasteiger partial charge in [-0.1, -0.05) is 42.5 Å². The van der Waals surface area contributed by atoms with Gasteiger partial charge in [-0.25, -0.2) is 4.98 Å². The molecule has 1 atom stereocenters. The van der Waals surface area contributed by atoms with Gasteiger partial charge >= 0.3 is 6.18 Å². The Morgan fingerprint density at radius 1 is 1.06 bits per heavy atom. The van der Waals surface area contributed by atoms with Crippen LogP contribution in [0.1, 0.15) is 34.6 Å². The van der Waals surface area contributed by atoms with E-state index in [1.54, 1.807) is 59.5 Å². The molecule has 1 N–H and O–H groups in total. The number of thiazole rings is 1. The third kappa shape index (κ3) is 4.36. The van der Waals surface area contributed by atoms with Crippen molar-refractivity contribution in [2.24, 2.45) is 0 Å². The molecule has 3 aromatic rings. The quantitative estimate of drug-likeness (QED) is 0.413. The number of aliphatic hydroxyl groups is 1. The van der Waals surface area contributed by atoms with Gasteiger partial charge in [0.2, 0.25) is 5.60 Å². The third-order valence-corrected chi connectivity index (χ3v) is 6.61. The van der Waals surface area contributed by atoms with E-state index in [9.17, 15) is 23.1 Å². The highest BCUT2D eigenvalue weighted by Crippen LogP contribution is 2.46. The van der Waals surface area contributed by atoms with E-state index in [4.69, 9.17) is 0 Å². The molecule has 0 saturated carbocycles. The standard InChI is InChI=1S/C23H21F3N2O2S/c24-23(25,26)22(30,21-27-18-10-4-5-11-20(18)31-21)15-17(28-12-6-7-13-28)14-19(29)16-8-2-1-3-9-16/h1-5,8-11,14,30H,6-7,12-13,15H2. The first kappa shape index (κ1) is 21.5. The third-order valence-electron chi connectivity index (χ3n) is 5.42. The highest BCUT2D eigenvalue weighted by molar-refractivity contribution is 7.18. The van der Waals surface area contributed by atoms with E-state index in [2.05, 4.69) is 4.98 Å². The number of aromatic nitrogens is 1. The highest BCUT2D eigenvalue weighted by atomic mass is 32.1. The molecule has 1 aromatic heterocycles. The van der Waals surface area contributed by atoms with Gasteiger partial charge in [0.25, 0.3) is 0 Å². The van der Waals surface area contributed by atoms with Crippen molar-refractivity contribution in [1.82, 2.24) is 9.88 Å². The Bertz CT molecular complexity index is 1070. The number of carbonyl (C=O) groups excluding carboxylic acids is 1. The molecule has 4 rings (SSSR count). The molecule has 0 radical (unpaired) electrons. The first-order valence-corrected chi connectivity index (χ1v) is 10.8. The molecule has 1 aliphatic rings. The molecule has 1 aliphatic heterocycles. The van der Waals surface area contributed by atoms with Crippen LogP contribution in [0.15, 0.2) is 66.4 Å². The first-order valence-electron chi connectivity index (χ1n) is 9.98. The lowest BCUT2D eigenvalue weighted by molar-refractivity contribution is -0.267. The first-order chi connectivity index (χ1) is 14.8. The molecule has 1 unspecified atom stereocenters. The predicted octanol–water partition coefficient (Wildman–Crippen LogP) is 5.30. The lowest BCUT2D eigenvalue weighted by Crippen LogP contribution is -2.44. The molecule has 1 fully saturated rings. The molecule has 0 aliphatic carbocycles. The van der Waals surface area contributed by atoms with Crippen LogP contribution in [-0.2, 0) is 5.60 Å². The normalized spacial score (nSPS) is 17.2. The maximum Gasteiger partial charge on any atom is 0.424 e. The minimum Gasteiger partial charge on any atom is -0.375 e. The van der Waals surface area contributed by atoms with E-state index < -0.39 is 29.0 Å². The molecule has 1 saturated heterocycles. The van der Waals surface area contributed by atoms with Crippen LogP contribution in [0.2, 0.25) is 0 Å². The second-order valence-electron chi connectivity index (χ2n) is 7.58. The molecule has 0 spiro atoms. The second-order valence-corrected chi connectivity index (χ2v) is 8.61. The Balaban J connectivity index is 1.76. The number of allylic oxidation sites excluding steroid dienone is 1. The van der Waals surface area contributed by atoms with Crippen LogP contribution in [-0.4, -0.2) is 40.0 Å². The van der Waals surface area contributed by atoms with Crippen LogP contribution >= 0.6 is 11.3 Å². The Hall–Kier alpha value is -2.71. The largest absolute Gasteiger partial charge is 0.424 e. The van der Waals surface area contributed by atoms with Crippen LogP contribution < -0.4 is 0 Å². The fourth-order valence-electron chi connectivity index (χ4n) is 3.70. The minimum atomic E-state index is -4.96. The monoisotopic (exact) mass is 446 g/mol. The van der Waals surface area contributed by atoms with Crippen LogP contribution in [0.25, 0.3) is 10.2 Å². The van der Waals surface area contributed by atoms with Crippen molar-refractivity contribution in [3.8, 4) is 0 Å². The van der Waals surface area contributed by atoms with Crippen LogP contribution in [0, 0.1) is 0 Å². The molecular formula is C23H21F3N2O2S. The summed E-state index contributed by atoms with van der Waals surface area (Å²) in [6, 6.07) is 15.1. The van der Waals surface area contributed by atoms with E-state index in [1.807, 2.05) is 0 Å². The summed E-state index contributed by atoms with van der Waals surface area (Å²) in [5, 5.41) is 10.6. The van der Waals surface area contributed by atoms with Crippen LogP contribution in [0.4, 0.5) is 13.2 Å². The molecule has 4 nitrogen and oxygen atoms in total. The highest BCUT2D eigenvalue weighted by Gasteiger charge is 2.57. The summed E-state index contributed by atoms with van der Waals surface area (Å²) in [4.78, 5) is 18.6. The lowest BCUT2D eigenvalue weighted by Gasteiger charge is -2.32. The summed E-state index contributed by atoms with van der Waals surface area (Å²) in [6.45, 7) is 1.09. The van der Waals surface area contributed by atoms with E-state index in [0.717, 1.165) is 24.2 Å². The lowest BCUT2D eigenvalue weighted by atomic mass is 9.95. The van der Waals surface area contributed by atoms with Crippen molar-refractivity contribution in [1.29, 1.82) is 0 Å². The number of alkyl halides is 3. The predicted molar refractivity (Wildman–Crippen MR) is 114 cm³/mol. The molecular weight excluding hydrogens is 425 g/mol. The second kappa shape index (κ2) is 8.43. The van der Waals surface area contributed by atoms with Crippen molar-refractivity contribution in [2.45, 2.75) is 31.0 Å². The van der Waals surface area contributed by atoms with Gasteiger partial charge in [-0.2, -0.15) is 13.2 Å². The zero-order valence-corrected chi connectivity index (χ0v) is 17.4. The van der Waals surface area contributed by atoms with Crippen molar-refractivity contribution in [2.75, 3.05) is 13.1 Å². The maximum atomic E-state index is 14.2. The number of nitrogens with zero attached hydrogens (tertiary/aromatic N) is 2. The van der Waals surface area contributed by atoms with E-state index >= 15 is 0 Å². The van der Waals surface area contributed by atoms with Crippen molar-refractivity contribution >= 4 is 27.3 Å². The maximum absolute atomic E-state index is 14.2. The number of halogens is 3. The van der Waals surface area contributed by atoms with Gasteiger partial charge in [-0.05, 0) is 25.0 Å². The average Bonchev–Trinajstić information content (AvgIpc) is 3.43. The molecule has 2 heterocycles. The Labute approximate surface area is 181 Å². The summed E-state index contributed by atoms with van der Waals surface area (Å²) < 4.78 is 43.2. The van der Waals surface area contributed by atoms with E-state index in [1.165, 1.54) is 6.08 Å². The van der Waals surface area contributed by atoms with Gasteiger partial charge in [0.05, 0.1) is 10.2 Å². The zero-order chi connectivity index (χ0) is 22.1. The average molecular weight is 446 g/mol. The number of hydrogen-bond donors (Lipinski definition) is 1. The number of rotatable bonds is 6. The summed E-state index contributed by atoms with van der Waals surface area (Å²) in [7, 11) is 0. The summed E-state index contributed by atoms with van der Waals surface area (Å²) >= 11 is 0.819. The summed E-state index contributed by atoms with van der Waals surface area (Å²) in [5.41, 5.74) is -2.24. The van der Waals surface area contributed by atoms with Gasteiger partial charge in [0.1, 0.15) is 5.01 Å². The zero-order valence-electron chi connectivity index (χ0n) is 16.6. The number of ketones is 1. The number of benzene rings is 2. The van der Waals surface area contributed by atoms with Gasteiger partial charge in [-0.15, -0.1) is 11.3 Å². The number of hydrogen-bond acceptors (Lipinski definition) is 5. The van der Waals surface area contributed by atoms with Crippen LogP contribution in [0.5, 0.6) is 0 Å². The number of carbonyl (C=O) groups is 1. The van der Waals surface area contributed by atoms with E-state index in [0.29, 0.717) is 28.9 Å². The topological polar surface area (TPSA) is 53.4 Å². The number of likely N-dealkylation sites (tertiary alicyclic amines) is 1. The van der Waals surface area contributed by atoms with Gasteiger partial charge < -0.3 is 10.0 Å². The SMILES string of the molecule is O=C(C=C(CC(O)(c1nc2ccccc2s1)C(F)(F)F)N1CCCC1)c1ccccc1. The Kier molecular flexibility index (Phi) is 5.85.